The summed E-state index contributed by atoms with van der Waals surface area (Å²) in [5, 5.41) is 9.00. The monoisotopic (exact) mass is 382 g/mol. The molecule has 1 aliphatic heterocycles. The fraction of sp³-hybridized carbons (Fsp3) is 0.474. The van der Waals surface area contributed by atoms with Crippen LogP contribution in [0.4, 0.5) is 11.9 Å². The number of aromatic carboxylic acids is 1. The number of piperazine rings is 1. The molecule has 1 saturated heterocycles. The molecule has 0 spiro atoms. The molecule has 28 heavy (non-hydrogen) atoms. The molecule has 1 N–H and O–H groups in total. The lowest BCUT2D eigenvalue weighted by Gasteiger charge is -2.40. The van der Waals surface area contributed by atoms with E-state index in [1.807, 2.05) is 16.0 Å². The number of Topliss-reactive ketones (excluding diaryl/α,β-unsaturated/α-hetero) is 1. The normalized spacial score (nSPS) is 19.2. The smallest absolute Gasteiger partial charge is 0.338 e. The fourth-order valence-corrected chi connectivity index (χ4v) is 3.75. The SMILES string of the molecule is CC(=O)[C@@H]1CN(c2ncc3c(n2)CCCC3)CCN1c1ncc(C(=O)O)cn1. The molecule has 2 aliphatic rings. The molecule has 9 nitrogen and oxygen atoms in total. The van der Waals surface area contributed by atoms with E-state index in [-0.39, 0.29) is 11.3 Å². The summed E-state index contributed by atoms with van der Waals surface area (Å²) in [6.07, 6.45) is 8.79. The number of anilines is 2. The van der Waals surface area contributed by atoms with Gasteiger partial charge in [-0.25, -0.2) is 24.7 Å². The number of hydrogen-bond acceptors (Lipinski definition) is 8. The van der Waals surface area contributed by atoms with Crippen molar-refractivity contribution in [3.05, 3.63) is 35.4 Å². The maximum atomic E-state index is 12.3. The molecule has 0 amide bonds. The van der Waals surface area contributed by atoms with Gasteiger partial charge in [0.25, 0.3) is 0 Å². The Morgan fingerprint density at radius 3 is 2.46 bits per heavy atom. The summed E-state index contributed by atoms with van der Waals surface area (Å²) in [6, 6.07) is -0.441. The van der Waals surface area contributed by atoms with Crippen molar-refractivity contribution in [3.63, 3.8) is 0 Å². The van der Waals surface area contributed by atoms with E-state index >= 15 is 0 Å². The predicted octanol–water partition coefficient (Wildman–Crippen LogP) is 1.13. The van der Waals surface area contributed by atoms with Crippen LogP contribution in [-0.4, -0.2) is 62.5 Å². The van der Waals surface area contributed by atoms with Gasteiger partial charge in [-0.1, -0.05) is 0 Å². The lowest BCUT2D eigenvalue weighted by molar-refractivity contribution is -0.118. The molecule has 1 atom stereocenters. The van der Waals surface area contributed by atoms with Crippen LogP contribution in [0.25, 0.3) is 0 Å². The van der Waals surface area contributed by atoms with Gasteiger partial charge >= 0.3 is 5.97 Å². The summed E-state index contributed by atoms with van der Waals surface area (Å²) in [7, 11) is 0. The van der Waals surface area contributed by atoms with Crippen LogP contribution in [0.5, 0.6) is 0 Å². The number of carboxylic acids is 1. The van der Waals surface area contributed by atoms with E-state index in [4.69, 9.17) is 10.1 Å². The zero-order chi connectivity index (χ0) is 19.7. The van der Waals surface area contributed by atoms with Gasteiger partial charge in [0.05, 0.1) is 5.56 Å². The number of aromatic nitrogens is 4. The van der Waals surface area contributed by atoms with Crippen molar-refractivity contribution in [1.82, 2.24) is 19.9 Å². The molecule has 4 rings (SSSR count). The van der Waals surface area contributed by atoms with Crippen LogP contribution in [0.1, 0.15) is 41.4 Å². The average molecular weight is 382 g/mol. The highest BCUT2D eigenvalue weighted by molar-refractivity contribution is 5.87. The third-order valence-corrected chi connectivity index (χ3v) is 5.33. The van der Waals surface area contributed by atoms with E-state index in [2.05, 4.69) is 15.0 Å². The molecule has 1 fully saturated rings. The van der Waals surface area contributed by atoms with E-state index in [0.29, 0.717) is 31.5 Å². The lowest BCUT2D eigenvalue weighted by atomic mass is 9.98. The number of aryl methyl sites for hydroxylation is 2. The largest absolute Gasteiger partial charge is 0.478 e. The molecule has 9 heteroatoms. The molecule has 1 aliphatic carbocycles. The molecule has 2 aromatic rings. The predicted molar refractivity (Wildman–Crippen MR) is 102 cm³/mol. The number of hydrogen-bond donors (Lipinski definition) is 1. The second-order valence-corrected chi connectivity index (χ2v) is 7.19. The first-order chi connectivity index (χ1) is 13.5. The van der Waals surface area contributed by atoms with E-state index in [1.165, 1.54) is 24.4 Å². The van der Waals surface area contributed by atoms with Gasteiger partial charge in [-0.15, -0.1) is 0 Å². The molecule has 0 unspecified atom stereocenters. The van der Waals surface area contributed by atoms with Crippen LogP contribution in [-0.2, 0) is 17.6 Å². The summed E-state index contributed by atoms with van der Waals surface area (Å²) in [5.74, 6) is -0.0671. The minimum atomic E-state index is -1.08. The van der Waals surface area contributed by atoms with Gasteiger partial charge in [-0.2, -0.15) is 0 Å². The van der Waals surface area contributed by atoms with Crippen molar-refractivity contribution in [1.29, 1.82) is 0 Å². The highest BCUT2D eigenvalue weighted by Crippen LogP contribution is 2.24. The van der Waals surface area contributed by atoms with E-state index in [1.54, 1.807) is 6.92 Å². The standard InChI is InChI=1S/C19H22N6O3/c1-12(26)16-11-24(19-22-8-13-4-2-3-5-15(13)23-19)6-7-25(16)18-20-9-14(10-21-18)17(27)28/h8-10,16H,2-7,11H2,1H3,(H,27,28)/t16-/m0/s1. The van der Waals surface area contributed by atoms with E-state index in [0.717, 1.165) is 25.0 Å². The number of carbonyl (C=O) groups excluding carboxylic acids is 1. The number of nitrogens with zero attached hydrogens (tertiary/aromatic N) is 6. The highest BCUT2D eigenvalue weighted by Gasteiger charge is 2.33. The first-order valence-corrected chi connectivity index (χ1v) is 9.45. The van der Waals surface area contributed by atoms with Crippen molar-refractivity contribution in [2.24, 2.45) is 0 Å². The number of rotatable bonds is 4. The Bertz CT molecular complexity index is 901. The van der Waals surface area contributed by atoms with Crippen molar-refractivity contribution in [3.8, 4) is 0 Å². The first-order valence-electron chi connectivity index (χ1n) is 9.45. The van der Waals surface area contributed by atoms with Crippen LogP contribution >= 0.6 is 0 Å². The van der Waals surface area contributed by atoms with Crippen molar-refractivity contribution in [2.75, 3.05) is 29.4 Å². The van der Waals surface area contributed by atoms with Gasteiger partial charge in [0.2, 0.25) is 11.9 Å². The average Bonchev–Trinajstić information content (AvgIpc) is 2.73. The summed E-state index contributed by atoms with van der Waals surface area (Å²) in [4.78, 5) is 44.7. The quantitative estimate of drug-likeness (QED) is 0.831. The first kappa shape index (κ1) is 18.3. The molecule has 0 aromatic carbocycles. The van der Waals surface area contributed by atoms with Crippen LogP contribution < -0.4 is 9.80 Å². The van der Waals surface area contributed by atoms with E-state index < -0.39 is 12.0 Å². The third-order valence-electron chi connectivity index (χ3n) is 5.33. The Kier molecular flexibility index (Phi) is 4.89. The van der Waals surface area contributed by atoms with Gasteiger partial charge in [-0.05, 0) is 38.2 Å². The molecule has 3 heterocycles. The minimum absolute atomic E-state index is 0.00595. The highest BCUT2D eigenvalue weighted by atomic mass is 16.4. The van der Waals surface area contributed by atoms with Crippen molar-refractivity contribution < 1.29 is 14.7 Å². The number of carbonyl (C=O) groups is 2. The third kappa shape index (κ3) is 3.51. The van der Waals surface area contributed by atoms with Gasteiger partial charge in [-0.3, -0.25) is 4.79 Å². The zero-order valence-electron chi connectivity index (χ0n) is 15.7. The van der Waals surface area contributed by atoms with Crippen LogP contribution in [0, 0.1) is 0 Å². The number of carboxylic acid groups (broad SMARTS) is 1. The van der Waals surface area contributed by atoms with Crippen LogP contribution in [0.3, 0.4) is 0 Å². The molecular formula is C19H22N6O3. The van der Waals surface area contributed by atoms with Crippen molar-refractivity contribution in [2.45, 2.75) is 38.6 Å². The molecule has 0 radical (unpaired) electrons. The molecule has 0 bridgehead atoms. The summed E-state index contributed by atoms with van der Waals surface area (Å²) >= 11 is 0. The van der Waals surface area contributed by atoms with Gasteiger partial charge in [0.1, 0.15) is 6.04 Å². The summed E-state index contributed by atoms with van der Waals surface area (Å²) in [6.45, 7) is 3.14. The van der Waals surface area contributed by atoms with Gasteiger partial charge < -0.3 is 14.9 Å². The maximum Gasteiger partial charge on any atom is 0.338 e. The Morgan fingerprint density at radius 1 is 1.04 bits per heavy atom. The van der Waals surface area contributed by atoms with E-state index in [9.17, 15) is 9.59 Å². The second kappa shape index (κ2) is 7.49. The van der Waals surface area contributed by atoms with Gasteiger partial charge in [0.15, 0.2) is 5.78 Å². The van der Waals surface area contributed by atoms with Crippen molar-refractivity contribution >= 4 is 23.6 Å². The molecule has 0 saturated carbocycles. The molecular weight excluding hydrogens is 360 g/mol. The topological polar surface area (TPSA) is 112 Å². The minimum Gasteiger partial charge on any atom is -0.478 e. The molecule has 2 aromatic heterocycles. The molecule has 146 valence electrons. The zero-order valence-corrected chi connectivity index (χ0v) is 15.7. The number of ketones is 1. The lowest BCUT2D eigenvalue weighted by Crippen LogP contribution is -2.57. The second-order valence-electron chi connectivity index (χ2n) is 7.19. The van der Waals surface area contributed by atoms with Crippen LogP contribution in [0.2, 0.25) is 0 Å². The fourth-order valence-electron chi connectivity index (χ4n) is 3.75. The Hall–Kier alpha value is -3.10. The van der Waals surface area contributed by atoms with Crippen LogP contribution in [0.15, 0.2) is 18.6 Å². The van der Waals surface area contributed by atoms with Gasteiger partial charge in [0, 0.05) is 43.9 Å². The Morgan fingerprint density at radius 2 is 1.75 bits per heavy atom. The summed E-state index contributed by atoms with van der Waals surface area (Å²) in [5.41, 5.74) is 2.36. The Balaban J connectivity index is 1.55. The maximum absolute atomic E-state index is 12.3. The summed E-state index contributed by atoms with van der Waals surface area (Å²) < 4.78 is 0. The number of fused-ring (bicyclic) bond motifs is 1. The Labute approximate surface area is 162 Å².